The summed E-state index contributed by atoms with van der Waals surface area (Å²) < 4.78 is 21.1. The Morgan fingerprint density at radius 1 is 1.00 bits per heavy atom. The fourth-order valence-corrected chi connectivity index (χ4v) is 1.58. The number of carbonyl (C=O) groups is 1. The standard InChI is InChI=1S/C12H23NO5/c1-12(14)18-7-4-13-2-5-15-8-10-17-11-9-16-6-3-13/h2-11H2,1H3. The van der Waals surface area contributed by atoms with Gasteiger partial charge in [-0.1, -0.05) is 0 Å². The summed E-state index contributed by atoms with van der Waals surface area (Å²) in [6, 6.07) is 0. The Labute approximate surface area is 108 Å². The summed E-state index contributed by atoms with van der Waals surface area (Å²) >= 11 is 0. The first-order chi connectivity index (χ1) is 8.79. The van der Waals surface area contributed by atoms with Gasteiger partial charge in [0.05, 0.1) is 39.6 Å². The summed E-state index contributed by atoms with van der Waals surface area (Å²) in [5, 5.41) is 0. The monoisotopic (exact) mass is 261 g/mol. The highest BCUT2D eigenvalue weighted by Crippen LogP contribution is 1.93. The number of hydrogen-bond acceptors (Lipinski definition) is 6. The maximum absolute atomic E-state index is 10.7. The molecule has 1 saturated heterocycles. The van der Waals surface area contributed by atoms with Gasteiger partial charge in [0, 0.05) is 26.6 Å². The van der Waals surface area contributed by atoms with Crippen molar-refractivity contribution in [3.63, 3.8) is 0 Å². The zero-order chi connectivity index (χ0) is 13.1. The van der Waals surface area contributed by atoms with Crippen molar-refractivity contribution in [1.29, 1.82) is 0 Å². The van der Waals surface area contributed by atoms with E-state index in [0.717, 1.165) is 13.1 Å². The molecule has 0 spiro atoms. The van der Waals surface area contributed by atoms with Gasteiger partial charge in [0.25, 0.3) is 0 Å². The van der Waals surface area contributed by atoms with Gasteiger partial charge in [-0.25, -0.2) is 0 Å². The van der Waals surface area contributed by atoms with E-state index in [9.17, 15) is 4.79 Å². The minimum absolute atomic E-state index is 0.242. The molecule has 0 N–H and O–H groups in total. The molecule has 1 aliphatic heterocycles. The van der Waals surface area contributed by atoms with Crippen LogP contribution in [0.25, 0.3) is 0 Å². The van der Waals surface area contributed by atoms with E-state index >= 15 is 0 Å². The molecule has 0 aromatic carbocycles. The van der Waals surface area contributed by atoms with Crippen LogP contribution in [0.1, 0.15) is 6.92 Å². The first-order valence-corrected chi connectivity index (χ1v) is 6.38. The van der Waals surface area contributed by atoms with Crippen molar-refractivity contribution in [2.75, 3.05) is 65.9 Å². The Hall–Kier alpha value is -0.690. The zero-order valence-corrected chi connectivity index (χ0v) is 11.1. The predicted octanol–water partition coefficient (Wildman–Crippen LogP) is -0.0851. The summed E-state index contributed by atoms with van der Waals surface area (Å²) in [6.45, 7) is 7.91. The lowest BCUT2D eigenvalue weighted by Crippen LogP contribution is -2.35. The number of ether oxygens (including phenoxy) is 4. The third-order valence-corrected chi connectivity index (χ3v) is 2.56. The average Bonchev–Trinajstić information content (AvgIpc) is 2.31. The van der Waals surface area contributed by atoms with Crippen molar-refractivity contribution in [3.8, 4) is 0 Å². The van der Waals surface area contributed by atoms with Gasteiger partial charge < -0.3 is 18.9 Å². The van der Waals surface area contributed by atoms with Crippen LogP contribution in [-0.4, -0.2) is 76.8 Å². The molecule has 1 fully saturated rings. The van der Waals surface area contributed by atoms with Crippen molar-refractivity contribution < 1.29 is 23.7 Å². The van der Waals surface area contributed by atoms with Crippen LogP contribution in [0, 0.1) is 0 Å². The fraction of sp³-hybridized carbons (Fsp3) is 0.917. The molecule has 6 heteroatoms. The van der Waals surface area contributed by atoms with Gasteiger partial charge >= 0.3 is 5.97 Å². The van der Waals surface area contributed by atoms with Crippen LogP contribution >= 0.6 is 0 Å². The largest absolute Gasteiger partial charge is 0.465 e. The van der Waals surface area contributed by atoms with E-state index in [1.165, 1.54) is 6.92 Å². The lowest BCUT2D eigenvalue weighted by molar-refractivity contribution is -0.141. The first kappa shape index (κ1) is 15.4. The third kappa shape index (κ3) is 8.41. The summed E-state index contributed by atoms with van der Waals surface area (Å²) in [7, 11) is 0. The summed E-state index contributed by atoms with van der Waals surface area (Å²) in [6.07, 6.45) is 0. The molecule has 0 amide bonds. The fourth-order valence-electron chi connectivity index (χ4n) is 1.58. The van der Waals surface area contributed by atoms with Crippen LogP contribution in [0.4, 0.5) is 0 Å². The van der Waals surface area contributed by atoms with Gasteiger partial charge in [0.15, 0.2) is 0 Å². The number of hydrogen-bond donors (Lipinski definition) is 0. The van der Waals surface area contributed by atoms with Crippen LogP contribution in [0.2, 0.25) is 0 Å². The molecule has 0 saturated carbocycles. The van der Waals surface area contributed by atoms with Crippen LogP contribution in [-0.2, 0) is 23.7 Å². The highest BCUT2D eigenvalue weighted by Gasteiger charge is 2.06. The summed E-state index contributed by atoms with van der Waals surface area (Å²) in [4.78, 5) is 12.9. The minimum atomic E-state index is -0.242. The first-order valence-electron chi connectivity index (χ1n) is 6.38. The average molecular weight is 261 g/mol. The topological polar surface area (TPSA) is 57.2 Å². The van der Waals surface area contributed by atoms with Gasteiger partial charge in [0.2, 0.25) is 0 Å². The van der Waals surface area contributed by atoms with Gasteiger partial charge in [-0.15, -0.1) is 0 Å². The highest BCUT2D eigenvalue weighted by molar-refractivity contribution is 5.65. The van der Waals surface area contributed by atoms with Gasteiger partial charge in [0.1, 0.15) is 6.61 Å². The van der Waals surface area contributed by atoms with E-state index in [4.69, 9.17) is 18.9 Å². The van der Waals surface area contributed by atoms with Crippen LogP contribution in [0.3, 0.4) is 0 Å². The Morgan fingerprint density at radius 2 is 1.50 bits per heavy atom. The second-order valence-corrected chi connectivity index (χ2v) is 4.02. The summed E-state index contributed by atoms with van der Waals surface area (Å²) in [5.41, 5.74) is 0. The summed E-state index contributed by atoms with van der Waals surface area (Å²) in [5.74, 6) is -0.242. The number of carbonyl (C=O) groups excluding carboxylic acids is 1. The third-order valence-electron chi connectivity index (χ3n) is 2.56. The predicted molar refractivity (Wildman–Crippen MR) is 65.5 cm³/mol. The van der Waals surface area contributed by atoms with E-state index in [-0.39, 0.29) is 5.97 Å². The Balaban J connectivity index is 2.20. The van der Waals surface area contributed by atoms with Crippen LogP contribution in [0.5, 0.6) is 0 Å². The molecule has 1 heterocycles. The van der Waals surface area contributed by atoms with E-state index in [1.807, 2.05) is 0 Å². The maximum Gasteiger partial charge on any atom is 0.302 e. The molecule has 1 rings (SSSR count). The van der Waals surface area contributed by atoms with Crippen molar-refractivity contribution in [2.24, 2.45) is 0 Å². The molecule has 0 aromatic rings. The minimum Gasteiger partial charge on any atom is -0.465 e. The molecular formula is C12H23NO5. The number of nitrogens with zero attached hydrogens (tertiary/aromatic N) is 1. The van der Waals surface area contributed by atoms with Crippen LogP contribution in [0.15, 0.2) is 0 Å². The van der Waals surface area contributed by atoms with Crippen molar-refractivity contribution in [3.05, 3.63) is 0 Å². The SMILES string of the molecule is CC(=O)OCCN1CCOCCOCCOCC1. The quantitative estimate of drug-likeness (QED) is 0.662. The molecule has 6 nitrogen and oxygen atoms in total. The van der Waals surface area contributed by atoms with Crippen LogP contribution < -0.4 is 0 Å². The Kier molecular flexibility index (Phi) is 8.75. The number of esters is 1. The second-order valence-electron chi connectivity index (χ2n) is 4.02. The second kappa shape index (κ2) is 10.3. The smallest absolute Gasteiger partial charge is 0.302 e. The molecular weight excluding hydrogens is 238 g/mol. The number of rotatable bonds is 3. The molecule has 18 heavy (non-hydrogen) atoms. The zero-order valence-electron chi connectivity index (χ0n) is 11.1. The molecule has 0 aromatic heterocycles. The lowest BCUT2D eigenvalue weighted by Gasteiger charge is -2.22. The molecule has 0 unspecified atom stereocenters. The lowest BCUT2D eigenvalue weighted by atomic mass is 10.4. The van der Waals surface area contributed by atoms with Gasteiger partial charge in [-0.2, -0.15) is 0 Å². The molecule has 0 atom stereocenters. The molecule has 0 bridgehead atoms. The molecule has 0 aliphatic carbocycles. The normalized spacial score (nSPS) is 20.7. The van der Waals surface area contributed by atoms with Crippen molar-refractivity contribution >= 4 is 5.97 Å². The molecule has 106 valence electrons. The van der Waals surface area contributed by atoms with E-state index < -0.39 is 0 Å². The van der Waals surface area contributed by atoms with Gasteiger partial charge in [-0.3, -0.25) is 9.69 Å². The molecule has 1 aliphatic rings. The Morgan fingerprint density at radius 3 is 2.00 bits per heavy atom. The maximum atomic E-state index is 10.7. The van der Waals surface area contributed by atoms with E-state index in [1.54, 1.807) is 0 Å². The van der Waals surface area contributed by atoms with E-state index in [0.29, 0.717) is 52.8 Å². The molecule has 0 radical (unpaired) electrons. The van der Waals surface area contributed by atoms with Gasteiger partial charge in [-0.05, 0) is 0 Å². The van der Waals surface area contributed by atoms with E-state index in [2.05, 4.69) is 4.90 Å². The van der Waals surface area contributed by atoms with Crippen molar-refractivity contribution in [1.82, 2.24) is 4.90 Å². The Bertz CT molecular complexity index is 213. The highest BCUT2D eigenvalue weighted by atomic mass is 16.5. The van der Waals surface area contributed by atoms with Crippen molar-refractivity contribution in [2.45, 2.75) is 6.92 Å².